The lowest BCUT2D eigenvalue weighted by molar-refractivity contribution is 0.199. The lowest BCUT2D eigenvalue weighted by Crippen LogP contribution is -2.04. The maximum absolute atomic E-state index is 9.82. The number of ether oxygens (including phenoxy) is 2. The Morgan fingerprint density at radius 2 is 2.00 bits per heavy atom. The van der Waals surface area contributed by atoms with E-state index in [1.165, 1.54) is 0 Å². The largest absolute Gasteiger partial charge is 0.497 e. The Balaban J connectivity index is 3.24. The molecule has 0 saturated heterocycles. The molecule has 0 bridgehead atoms. The summed E-state index contributed by atoms with van der Waals surface area (Å²) in [4.78, 5) is 0. The summed E-state index contributed by atoms with van der Waals surface area (Å²) in [7, 11) is 3.19. The number of aliphatic hydroxyl groups is 1. The van der Waals surface area contributed by atoms with Gasteiger partial charge in [0.15, 0.2) is 0 Å². The van der Waals surface area contributed by atoms with Gasteiger partial charge in [0.05, 0.1) is 20.3 Å². The van der Waals surface area contributed by atoms with E-state index in [0.717, 1.165) is 16.9 Å². The average Bonchev–Trinajstić information content (AvgIpc) is 2.26. The molecule has 1 aromatic carbocycles. The first-order valence-electron chi connectivity index (χ1n) is 4.60. The minimum Gasteiger partial charge on any atom is -0.497 e. The van der Waals surface area contributed by atoms with Crippen LogP contribution in [0.5, 0.6) is 11.5 Å². The molecule has 0 aliphatic carbocycles. The molecule has 0 heterocycles. The number of benzene rings is 1. The van der Waals surface area contributed by atoms with Crippen LogP contribution in [0.25, 0.3) is 0 Å². The number of methoxy groups -OCH3 is 2. The van der Waals surface area contributed by atoms with E-state index >= 15 is 0 Å². The van der Waals surface area contributed by atoms with Gasteiger partial charge in [-0.25, -0.2) is 0 Å². The summed E-state index contributed by atoms with van der Waals surface area (Å²) in [5.74, 6) is 1.38. The SMILES string of the molecule is COc1cc(C)c(C(O)CBr)c(OC)c1. The highest BCUT2D eigenvalue weighted by Gasteiger charge is 2.16. The zero-order chi connectivity index (χ0) is 11.4. The van der Waals surface area contributed by atoms with Crippen LogP contribution in [0.3, 0.4) is 0 Å². The maximum atomic E-state index is 9.82. The van der Waals surface area contributed by atoms with Crippen molar-refractivity contribution in [3.8, 4) is 11.5 Å². The normalized spacial score (nSPS) is 12.3. The van der Waals surface area contributed by atoms with Crippen LogP contribution >= 0.6 is 15.9 Å². The molecule has 1 aromatic rings. The Bertz CT molecular complexity index is 339. The van der Waals surface area contributed by atoms with Crippen molar-refractivity contribution in [3.63, 3.8) is 0 Å². The van der Waals surface area contributed by atoms with Crippen molar-refractivity contribution in [1.82, 2.24) is 0 Å². The molecule has 3 nitrogen and oxygen atoms in total. The molecule has 84 valence electrons. The number of hydrogen-bond acceptors (Lipinski definition) is 3. The third-order valence-electron chi connectivity index (χ3n) is 2.26. The molecule has 1 unspecified atom stereocenters. The number of aliphatic hydroxyl groups excluding tert-OH is 1. The molecule has 0 aliphatic rings. The Morgan fingerprint density at radius 3 is 2.47 bits per heavy atom. The lowest BCUT2D eigenvalue weighted by atomic mass is 10.0. The summed E-state index contributed by atoms with van der Waals surface area (Å²) in [6, 6.07) is 3.65. The van der Waals surface area contributed by atoms with Crippen LogP contribution in [0.15, 0.2) is 12.1 Å². The van der Waals surface area contributed by atoms with Crippen LogP contribution in [-0.4, -0.2) is 24.7 Å². The second-order valence-corrected chi connectivity index (χ2v) is 3.88. The predicted octanol–water partition coefficient (Wildman–Crippen LogP) is 2.44. The van der Waals surface area contributed by atoms with Crippen LogP contribution in [-0.2, 0) is 0 Å². The highest BCUT2D eigenvalue weighted by atomic mass is 79.9. The van der Waals surface area contributed by atoms with E-state index in [1.807, 2.05) is 13.0 Å². The number of aryl methyl sites for hydroxylation is 1. The molecule has 1 rings (SSSR count). The molecule has 4 heteroatoms. The summed E-state index contributed by atoms with van der Waals surface area (Å²) in [6.07, 6.45) is -0.564. The summed E-state index contributed by atoms with van der Waals surface area (Å²) in [6.45, 7) is 1.92. The zero-order valence-corrected chi connectivity index (χ0v) is 10.7. The summed E-state index contributed by atoms with van der Waals surface area (Å²) in [5, 5.41) is 10.3. The third-order valence-corrected chi connectivity index (χ3v) is 2.87. The lowest BCUT2D eigenvalue weighted by Gasteiger charge is -2.16. The monoisotopic (exact) mass is 274 g/mol. The van der Waals surface area contributed by atoms with Gasteiger partial charge >= 0.3 is 0 Å². The number of alkyl halides is 1. The van der Waals surface area contributed by atoms with E-state index in [1.54, 1.807) is 20.3 Å². The van der Waals surface area contributed by atoms with Gasteiger partial charge in [-0.05, 0) is 18.6 Å². The molecule has 0 aromatic heterocycles. The molecule has 0 spiro atoms. The van der Waals surface area contributed by atoms with E-state index in [0.29, 0.717) is 11.1 Å². The summed E-state index contributed by atoms with van der Waals surface area (Å²) in [5.41, 5.74) is 1.76. The van der Waals surface area contributed by atoms with E-state index in [9.17, 15) is 5.11 Å². The maximum Gasteiger partial charge on any atom is 0.128 e. The first kappa shape index (κ1) is 12.3. The molecule has 0 saturated carbocycles. The van der Waals surface area contributed by atoms with E-state index in [4.69, 9.17) is 9.47 Å². The van der Waals surface area contributed by atoms with Crippen LogP contribution < -0.4 is 9.47 Å². The molecule has 1 N–H and O–H groups in total. The standard InChI is InChI=1S/C11H15BrO3/c1-7-4-8(14-2)5-10(15-3)11(7)9(13)6-12/h4-5,9,13H,6H2,1-3H3. The molecule has 0 radical (unpaired) electrons. The van der Waals surface area contributed by atoms with E-state index in [2.05, 4.69) is 15.9 Å². The van der Waals surface area contributed by atoms with Crippen LogP contribution in [0, 0.1) is 6.92 Å². The van der Waals surface area contributed by atoms with Gasteiger partial charge in [0.1, 0.15) is 11.5 Å². The fourth-order valence-corrected chi connectivity index (χ4v) is 1.85. The van der Waals surface area contributed by atoms with Crippen molar-refractivity contribution in [1.29, 1.82) is 0 Å². The van der Waals surface area contributed by atoms with Gasteiger partial charge in [-0.2, -0.15) is 0 Å². The molecule has 15 heavy (non-hydrogen) atoms. The quantitative estimate of drug-likeness (QED) is 0.858. The van der Waals surface area contributed by atoms with Crippen molar-refractivity contribution in [2.75, 3.05) is 19.5 Å². The summed E-state index contributed by atoms with van der Waals surface area (Å²) < 4.78 is 10.4. The van der Waals surface area contributed by atoms with Crippen molar-refractivity contribution in [3.05, 3.63) is 23.3 Å². The van der Waals surface area contributed by atoms with Crippen molar-refractivity contribution in [2.45, 2.75) is 13.0 Å². The van der Waals surface area contributed by atoms with Gasteiger partial charge in [0.2, 0.25) is 0 Å². The van der Waals surface area contributed by atoms with E-state index in [-0.39, 0.29) is 0 Å². The summed E-state index contributed by atoms with van der Waals surface area (Å²) >= 11 is 3.25. The zero-order valence-electron chi connectivity index (χ0n) is 9.08. The van der Waals surface area contributed by atoms with Crippen molar-refractivity contribution in [2.24, 2.45) is 0 Å². The second-order valence-electron chi connectivity index (χ2n) is 3.23. The molecule has 0 fully saturated rings. The van der Waals surface area contributed by atoms with Crippen LogP contribution in [0.2, 0.25) is 0 Å². The second kappa shape index (κ2) is 5.37. The molecular formula is C11H15BrO3. The Morgan fingerprint density at radius 1 is 1.33 bits per heavy atom. The highest BCUT2D eigenvalue weighted by molar-refractivity contribution is 9.09. The predicted molar refractivity (Wildman–Crippen MR) is 63.0 cm³/mol. The van der Waals surface area contributed by atoms with Crippen molar-refractivity contribution < 1.29 is 14.6 Å². The third kappa shape index (κ3) is 2.63. The van der Waals surface area contributed by atoms with Gasteiger partial charge in [-0.3, -0.25) is 0 Å². The van der Waals surface area contributed by atoms with Crippen molar-refractivity contribution >= 4 is 15.9 Å². The molecule has 1 atom stereocenters. The van der Waals surface area contributed by atoms with Gasteiger partial charge < -0.3 is 14.6 Å². The fourth-order valence-electron chi connectivity index (χ4n) is 1.52. The fraction of sp³-hybridized carbons (Fsp3) is 0.455. The topological polar surface area (TPSA) is 38.7 Å². The first-order valence-corrected chi connectivity index (χ1v) is 5.72. The number of hydrogen-bond donors (Lipinski definition) is 1. The average molecular weight is 275 g/mol. The Hall–Kier alpha value is -0.740. The molecular weight excluding hydrogens is 260 g/mol. The Labute approximate surface area is 98.1 Å². The highest BCUT2D eigenvalue weighted by Crippen LogP contribution is 2.33. The molecule has 0 aliphatic heterocycles. The number of rotatable bonds is 4. The van der Waals surface area contributed by atoms with Gasteiger partial charge in [-0.15, -0.1) is 0 Å². The minimum absolute atomic E-state index is 0.483. The van der Waals surface area contributed by atoms with Gasteiger partial charge in [-0.1, -0.05) is 15.9 Å². The number of halogens is 1. The Kier molecular flexibility index (Phi) is 4.42. The van der Waals surface area contributed by atoms with Gasteiger partial charge in [0.25, 0.3) is 0 Å². The first-order chi connectivity index (χ1) is 7.13. The molecule has 0 amide bonds. The van der Waals surface area contributed by atoms with Crippen LogP contribution in [0.4, 0.5) is 0 Å². The van der Waals surface area contributed by atoms with E-state index < -0.39 is 6.10 Å². The minimum atomic E-state index is -0.564. The smallest absolute Gasteiger partial charge is 0.128 e. The van der Waals surface area contributed by atoms with Gasteiger partial charge in [0, 0.05) is 17.0 Å². The van der Waals surface area contributed by atoms with Crippen LogP contribution in [0.1, 0.15) is 17.2 Å².